The number of hydrogen-bond acceptors (Lipinski definition) is 4. The normalized spacial score (nSPS) is 11.2. The summed E-state index contributed by atoms with van der Waals surface area (Å²) in [6.45, 7) is 3.94. The fourth-order valence-electron chi connectivity index (χ4n) is 3.45. The molecule has 1 amide bonds. The monoisotopic (exact) mass is 524 g/mol. The Hall–Kier alpha value is -3.20. The predicted molar refractivity (Wildman–Crippen MR) is 131 cm³/mol. The molecule has 0 fully saturated rings. The number of pyridine rings is 1. The standard InChI is InChI=1S/C24H21IN4O2/c1-16-13-19(17(2)29(16)21-10-8-20(25)9-11-21)14-27-28-23(30)15-31-22-7-3-5-18-6-4-12-26-24(18)22/h3-14H,15H2,1-2H3,(H,28,30)/b27-14-. The Morgan fingerprint density at radius 1 is 1.16 bits per heavy atom. The van der Waals surface area contributed by atoms with E-state index in [0.29, 0.717) is 5.75 Å². The number of nitrogens with zero attached hydrogens (tertiary/aromatic N) is 3. The third-order valence-electron chi connectivity index (χ3n) is 4.90. The molecule has 4 rings (SSSR count). The van der Waals surface area contributed by atoms with Gasteiger partial charge in [0.2, 0.25) is 0 Å². The Balaban J connectivity index is 1.40. The van der Waals surface area contributed by atoms with Crippen LogP contribution < -0.4 is 10.2 Å². The SMILES string of the molecule is Cc1cc(/C=N\NC(=O)COc2cccc3cccnc23)c(C)n1-c1ccc(I)cc1. The minimum absolute atomic E-state index is 0.144. The first kappa shape index (κ1) is 21.0. The molecule has 31 heavy (non-hydrogen) atoms. The van der Waals surface area contributed by atoms with E-state index in [2.05, 4.69) is 66.9 Å². The second kappa shape index (κ2) is 9.30. The van der Waals surface area contributed by atoms with Crippen LogP contribution in [0.2, 0.25) is 0 Å². The molecule has 2 aromatic heterocycles. The Morgan fingerprint density at radius 2 is 1.94 bits per heavy atom. The number of carbonyl (C=O) groups excluding carboxylic acids is 1. The average Bonchev–Trinajstić information content (AvgIpc) is 3.06. The van der Waals surface area contributed by atoms with Crippen molar-refractivity contribution in [3.8, 4) is 11.4 Å². The van der Waals surface area contributed by atoms with Crippen LogP contribution in [0.1, 0.15) is 17.0 Å². The summed E-state index contributed by atoms with van der Waals surface area (Å²) in [4.78, 5) is 16.5. The molecule has 1 N–H and O–H groups in total. The number of carbonyl (C=O) groups is 1. The summed E-state index contributed by atoms with van der Waals surface area (Å²) in [5, 5.41) is 5.06. The van der Waals surface area contributed by atoms with Crippen molar-refractivity contribution in [3.63, 3.8) is 0 Å². The lowest BCUT2D eigenvalue weighted by molar-refractivity contribution is -0.123. The van der Waals surface area contributed by atoms with Crippen molar-refractivity contribution in [1.82, 2.24) is 15.0 Å². The molecule has 0 bridgehead atoms. The van der Waals surface area contributed by atoms with Crippen molar-refractivity contribution in [3.05, 3.63) is 87.4 Å². The van der Waals surface area contributed by atoms with Crippen LogP contribution in [0.3, 0.4) is 0 Å². The van der Waals surface area contributed by atoms with Crippen molar-refractivity contribution < 1.29 is 9.53 Å². The zero-order chi connectivity index (χ0) is 21.8. The van der Waals surface area contributed by atoms with Crippen molar-refractivity contribution in [2.75, 3.05) is 6.61 Å². The molecule has 0 spiro atoms. The molecular formula is C24H21IN4O2. The Bertz CT molecular complexity index is 1260. The number of aryl methyl sites for hydroxylation is 1. The van der Waals surface area contributed by atoms with Crippen LogP contribution in [0.25, 0.3) is 16.6 Å². The number of amides is 1. The molecule has 0 saturated heterocycles. The van der Waals surface area contributed by atoms with E-state index in [1.165, 1.54) is 3.57 Å². The number of aromatic nitrogens is 2. The van der Waals surface area contributed by atoms with Crippen LogP contribution >= 0.6 is 22.6 Å². The number of fused-ring (bicyclic) bond motifs is 1. The van der Waals surface area contributed by atoms with Gasteiger partial charge in [-0.2, -0.15) is 5.10 Å². The summed E-state index contributed by atoms with van der Waals surface area (Å²) in [5.41, 5.74) is 7.43. The zero-order valence-electron chi connectivity index (χ0n) is 17.2. The molecule has 0 aliphatic carbocycles. The van der Waals surface area contributed by atoms with Gasteiger partial charge in [-0.3, -0.25) is 9.78 Å². The number of benzene rings is 2. The Labute approximate surface area is 194 Å². The fraction of sp³-hybridized carbons (Fsp3) is 0.125. The van der Waals surface area contributed by atoms with E-state index in [9.17, 15) is 4.79 Å². The van der Waals surface area contributed by atoms with Gasteiger partial charge in [0.1, 0.15) is 11.3 Å². The molecule has 0 atom stereocenters. The Morgan fingerprint density at radius 3 is 2.74 bits per heavy atom. The third-order valence-corrected chi connectivity index (χ3v) is 5.62. The number of halogens is 1. The van der Waals surface area contributed by atoms with Crippen LogP contribution in [0.4, 0.5) is 0 Å². The molecule has 0 saturated carbocycles. The zero-order valence-corrected chi connectivity index (χ0v) is 19.3. The second-order valence-electron chi connectivity index (χ2n) is 7.05. The molecule has 0 aliphatic rings. The maximum Gasteiger partial charge on any atom is 0.277 e. The molecule has 4 aromatic rings. The minimum Gasteiger partial charge on any atom is -0.481 e. The fourth-order valence-corrected chi connectivity index (χ4v) is 3.81. The highest BCUT2D eigenvalue weighted by molar-refractivity contribution is 14.1. The average molecular weight is 524 g/mol. The van der Waals surface area contributed by atoms with Crippen molar-refractivity contribution >= 4 is 45.6 Å². The second-order valence-corrected chi connectivity index (χ2v) is 8.30. The van der Waals surface area contributed by atoms with E-state index >= 15 is 0 Å². The number of para-hydroxylation sites is 1. The van der Waals surface area contributed by atoms with Crippen LogP contribution in [0.5, 0.6) is 5.75 Å². The number of hydrazone groups is 1. The maximum atomic E-state index is 12.2. The first-order valence-corrected chi connectivity index (χ1v) is 10.8. The molecule has 0 radical (unpaired) electrons. The van der Waals surface area contributed by atoms with Crippen LogP contribution in [-0.2, 0) is 4.79 Å². The van der Waals surface area contributed by atoms with Crippen molar-refractivity contribution in [2.45, 2.75) is 13.8 Å². The lowest BCUT2D eigenvalue weighted by Gasteiger charge is -2.09. The summed E-state index contributed by atoms with van der Waals surface area (Å²) in [6.07, 6.45) is 3.36. The summed E-state index contributed by atoms with van der Waals surface area (Å²) < 4.78 is 9.00. The van der Waals surface area contributed by atoms with Gasteiger partial charge in [0.15, 0.2) is 6.61 Å². The topological polar surface area (TPSA) is 68.5 Å². The molecule has 2 heterocycles. The van der Waals surface area contributed by atoms with E-state index in [1.807, 2.05) is 44.2 Å². The number of nitrogens with one attached hydrogen (secondary N) is 1. The third kappa shape index (κ3) is 4.77. The first-order valence-electron chi connectivity index (χ1n) is 9.76. The van der Waals surface area contributed by atoms with E-state index in [0.717, 1.165) is 33.5 Å². The lowest BCUT2D eigenvalue weighted by Crippen LogP contribution is -2.24. The quantitative estimate of drug-likeness (QED) is 0.225. The van der Waals surface area contributed by atoms with E-state index in [1.54, 1.807) is 18.5 Å². The summed E-state index contributed by atoms with van der Waals surface area (Å²) in [6, 6.07) is 19.8. The molecule has 0 aliphatic heterocycles. The van der Waals surface area contributed by atoms with E-state index in [4.69, 9.17) is 4.74 Å². The minimum atomic E-state index is -0.337. The largest absolute Gasteiger partial charge is 0.481 e. The van der Waals surface area contributed by atoms with Crippen LogP contribution in [0.15, 0.2) is 72.0 Å². The summed E-state index contributed by atoms with van der Waals surface area (Å²) in [5.74, 6) is 0.230. The lowest BCUT2D eigenvalue weighted by atomic mass is 10.2. The molecule has 6 nitrogen and oxygen atoms in total. The summed E-state index contributed by atoms with van der Waals surface area (Å²) >= 11 is 2.29. The predicted octanol–water partition coefficient (Wildman–Crippen LogP) is 4.78. The molecule has 2 aromatic carbocycles. The molecule has 7 heteroatoms. The van der Waals surface area contributed by atoms with Gasteiger partial charge in [-0.25, -0.2) is 5.43 Å². The van der Waals surface area contributed by atoms with Crippen LogP contribution in [-0.4, -0.2) is 28.3 Å². The van der Waals surface area contributed by atoms with Crippen molar-refractivity contribution in [2.24, 2.45) is 5.10 Å². The van der Waals surface area contributed by atoms with Gasteiger partial charge >= 0.3 is 0 Å². The van der Waals surface area contributed by atoms with Gasteiger partial charge in [-0.1, -0.05) is 18.2 Å². The van der Waals surface area contributed by atoms with E-state index in [-0.39, 0.29) is 12.5 Å². The van der Waals surface area contributed by atoms with Crippen LogP contribution in [0, 0.1) is 17.4 Å². The number of rotatable bonds is 6. The highest BCUT2D eigenvalue weighted by Gasteiger charge is 2.10. The van der Waals surface area contributed by atoms with E-state index < -0.39 is 0 Å². The highest BCUT2D eigenvalue weighted by Crippen LogP contribution is 2.23. The number of ether oxygens (including phenoxy) is 1. The molecule has 156 valence electrons. The van der Waals surface area contributed by atoms with Gasteiger partial charge in [-0.15, -0.1) is 0 Å². The van der Waals surface area contributed by atoms with Gasteiger partial charge < -0.3 is 9.30 Å². The Kier molecular flexibility index (Phi) is 6.31. The maximum absolute atomic E-state index is 12.2. The molecule has 0 unspecified atom stereocenters. The number of hydrogen-bond donors (Lipinski definition) is 1. The van der Waals surface area contributed by atoms with Gasteiger partial charge in [0.25, 0.3) is 5.91 Å². The van der Waals surface area contributed by atoms with Crippen molar-refractivity contribution in [1.29, 1.82) is 0 Å². The van der Waals surface area contributed by atoms with Gasteiger partial charge in [0.05, 0.1) is 6.21 Å². The highest BCUT2D eigenvalue weighted by atomic mass is 127. The smallest absolute Gasteiger partial charge is 0.277 e. The molecular weight excluding hydrogens is 503 g/mol. The van der Waals surface area contributed by atoms with Gasteiger partial charge in [0, 0.05) is 37.8 Å². The summed E-state index contributed by atoms with van der Waals surface area (Å²) in [7, 11) is 0. The first-order chi connectivity index (χ1) is 15.0. The van der Waals surface area contributed by atoms with Gasteiger partial charge in [-0.05, 0) is 78.9 Å².